The Morgan fingerprint density at radius 3 is 2.38 bits per heavy atom. The summed E-state index contributed by atoms with van der Waals surface area (Å²) in [5.74, 6) is -1.68. The number of benzene rings is 1. The average molecular weight is 297 g/mol. The van der Waals surface area contributed by atoms with E-state index in [-0.39, 0.29) is 12.1 Å². The first-order valence-electron chi connectivity index (χ1n) is 6.57. The second-order valence-electron chi connectivity index (χ2n) is 5.71. The van der Waals surface area contributed by atoms with Gasteiger partial charge in [0, 0.05) is 5.56 Å². The molecule has 1 aromatic carbocycles. The normalized spacial score (nSPS) is 12.6. The Hall–Kier alpha value is -2.11. The number of aliphatic carboxylic acids is 1. The Kier molecular flexibility index (Phi) is 5.29. The molecule has 1 amide bonds. The number of amides is 1. The quantitative estimate of drug-likeness (QED) is 0.927. The highest BCUT2D eigenvalue weighted by molar-refractivity contribution is 5.79. The van der Waals surface area contributed by atoms with Gasteiger partial charge >= 0.3 is 12.1 Å². The first-order chi connectivity index (χ1) is 9.61. The number of hydrogen-bond donors (Lipinski definition) is 1. The number of carboxylic acids is 1. The third-order valence-corrected chi connectivity index (χ3v) is 2.75. The molecule has 0 bridgehead atoms. The van der Waals surface area contributed by atoms with Crippen LogP contribution in [0.2, 0.25) is 0 Å². The lowest BCUT2D eigenvalue weighted by molar-refractivity contribution is -0.142. The molecule has 0 aliphatic heterocycles. The van der Waals surface area contributed by atoms with E-state index in [4.69, 9.17) is 9.84 Å². The molecule has 0 aromatic heterocycles. The predicted octanol–water partition coefficient (Wildman–Crippen LogP) is 3.04. The van der Waals surface area contributed by atoms with E-state index in [1.165, 1.54) is 25.1 Å². The van der Waals surface area contributed by atoms with E-state index in [1.807, 2.05) is 0 Å². The Bertz CT molecular complexity index is 525. The number of hydrogen-bond acceptors (Lipinski definition) is 3. The molecule has 1 N–H and O–H groups in total. The fourth-order valence-electron chi connectivity index (χ4n) is 1.62. The number of nitrogens with zero attached hydrogens (tertiary/aromatic N) is 1. The average Bonchev–Trinajstić information content (AvgIpc) is 2.34. The van der Waals surface area contributed by atoms with Gasteiger partial charge in [-0.15, -0.1) is 0 Å². The lowest BCUT2D eigenvalue weighted by Crippen LogP contribution is -2.45. The predicted molar refractivity (Wildman–Crippen MR) is 75.3 cm³/mol. The summed E-state index contributed by atoms with van der Waals surface area (Å²) in [5, 5.41) is 9.10. The van der Waals surface area contributed by atoms with Crippen molar-refractivity contribution in [2.24, 2.45) is 0 Å². The van der Waals surface area contributed by atoms with Crippen molar-refractivity contribution >= 4 is 12.1 Å². The van der Waals surface area contributed by atoms with Gasteiger partial charge in [0.15, 0.2) is 0 Å². The van der Waals surface area contributed by atoms with Crippen molar-refractivity contribution in [3.05, 3.63) is 35.6 Å². The van der Waals surface area contributed by atoms with Gasteiger partial charge in [-0.3, -0.25) is 4.90 Å². The Balaban J connectivity index is 3.01. The zero-order valence-corrected chi connectivity index (χ0v) is 12.6. The number of carboxylic acid groups (broad SMARTS) is 1. The Morgan fingerprint density at radius 1 is 1.33 bits per heavy atom. The van der Waals surface area contributed by atoms with E-state index in [0.717, 1.165) is 4.90 Å². The molecular formula is C15H20FNO4. The molecule has 0 fully saturated rings. The van der Waals surface area contributed by atoms with E-state index in [0.29, 0.717) is 0 Å². The molecule has 21 heavy (non-hydrogen) atoms. The van der Waals surface area contributed by atoms with Gasteiger partial charge in [0.2, 0.25) is 0 Å². The van der Waals surface area contributed by atoms with Crippen LogP contribution >= 0.6 is 0 Å². The van der Waals surface area contributed by atoms with Crippen LogP contribution in [-0.4, -0.2) is 33.7 Å². The minimum absolute atomic E-state index is 0.172. The number of rotatable bonds is 4. The summed E-state index contributed by atoms with van der Waals surface area (Å²) in [4.78, 5) is 24.3. The largest absolute Gasteiger partial charge is 0.480 e. The SMILES string of the molecule is CC(C(=O)O)N(Cc1ccccc1F)C(=O)OC(C)(C)C. The first kappa shape index (κ1) is 16.9. The minimum Gasteiger partial charge on any atom is -0.480 e. The fraction of sp³-hybridized carbons (Fsp3) is 0.467. The number of halogens is 1. The van der Waals surface area contributed by atoms with Crippen LogP contribution in [0.5, 0.6) is 0 Å². The number of carbonyl (C=O) groups is 2. The molecule has 0 aliphatic carbocycles. The van der Waals surface area contributed by atoms with Gasteiger partial charge in [0.1, 0.15) is 17.5 Å². The van der Waals surface area contributed by atoms with Crippen molar-refractivity contribution in [3.8, 4) is 0 Å². The third-order valence-electron chi connectivity index (χ3n) is 2.75. The molecule has 5 nitrogen and oxygen atoms in total. The van der Waals surface area contributed by atoms with Crippen LogP contribution < -0.4 is 0 Å². The molecule has 6 heteroatoms. The summed E-state index contributed by atoms with van der Waals surface area (Å²) in [6, 6.07) is 4.78. The molecule has 0 radical (unpaired) electrons. The van der Waals surface area contributed by atoms with Crippen molar-refractivity contribution in [2.75, 3.05) is 0 Å². The highest BCUT2D eigenvalue weighted by Crippen LogP contribution is 2.17. The molecule has 1 rings (SSSR count). The van der Waals surface area contributed by atoms with Crippen LogP contribution in [-0.2, 0) is 16.1 Å². The maximum absolute atomic E-state index is 13.7. The van der Waals surface area contributed by atoms with Crippen LogP contribution in [0.4, 0.5) is 9.18 Å². The van der Waals surface area contributed by atoms with Gasteiger partial charge in [-0.25, -0.2) is 14.0 Å². The molecule has 0 aliphatic rings. The van der Waals surface area contributed by atoms with Crippen molar-refractivity contribution in [1.29, 1.82) is 0 Å². The monoisotopic (exact) mass is 297 g/mol. The molecular weight excluding hydrogens is 277 g/mol. The zero-order chi connectivity index (χ0) is 16.2. The van der Waals surface area contributed by atoms with Crippen LogP contribution in [0.3, 0.4) is 0 Å². The highest BCUT2D eigenvalue weighted by Gasteiger charge is 2.30. The van der Waals surface area contributed by atoms with E-state index in [2.05, 4.69) is 0 Å². The Labute approximate surface area is 123 Å². The lowest BCUT2D eigenvalue weighted by Gasteiger charge is -2.30. The van der Waals surface area contributed by atoms with Crippen molar-refractivity contribution in [3.63, 3.8) is 0 Å². The second-order valence-corrected chi connectivity index (χ2v) is 5.71. The van der Waals surface area contributed by atoms with Crippen molar-refractivity contribution < 1.29 is 23.8 Å². The first-order valence-corrected chi connectivity index (χ1v) is 6.57. The standard InChI is InChI=1S/C15H20FNO4/c1-10(13(18)19)17(14(20)21-15(2,3)4)9-11-7-5-6-8-12(11)16/h5-8,10H,9H2,1-4H3,(H,18,19). The van der Waals surface area contributed by atoms with E-state index < -0.39 is 29.5 Å². The van der Waals surface area contributed by atoms with Crippen molar-refractivity contribution in [1.82, 2.24) is 4.90 Å². The van der Waals surface area contributed by atoms with Gasteiger partial charge in [-0.05, 0) is 33.8 Å². The smallest absolute Gasteiger partial charge is 0.411 e. The van der Waals surface area contributed by atoms with Crippen LogP contribution in [0.25, 0.3) is 0 Å². The summed E-state index contributed by atoms with van der Waals surface area (Å²) in [6.07, 6.45) is -0.791. The summed E-state index contributed by atoms with van der Waals surface area (Å²) in [7, 11) is 0. The third kappa shape index (κ3) is 5.06. The molecule has 116 valence electrons. The van der Waals surface area contributed by atoms with E-state index >= 15 is 0 Å². The zero-order valence-electron chi connectivity index (χ0n) is 12.6. The second kappa shape index (κ2) is 6.56. The topological polar surface area (TPSA) is 66.8 Å². The maximum atomic E-state index is 13.7. The molecule has 0 heterocycles. The molecule has 1 atom stereocenters. The van der Waals surface area contributed by atoms with Crippen LogP contribution in [0.1, 0.15) is 33.3 Å². The van der Waals surface area contributed by atoms with E-state index in [9.17, 15) is 14.0 Å². The van der Waals surface area contributed by atoms with Crippen LogP contribution in [0.15, 0.2) is 24.3 Å². The van der Waals surface area contributed by atoms with Gasteiger partial charge in [0.05, 0.1) is 6.54 Å². The summed E-state index contributed by atoms with van der Waals surface area (Å²) in [6.45, 7) is 6.22. The summed E-state index contributed by atoms with van der Waals surface area (Å²) >= 11 is 0. The molecule has 1 unspecified atom stereocenters. The minimum atomic E-state index is -1.18. The fourth-order valence-corrected chi connectivity index (χ4v) is 1.62. The van der Waals surface area contributed by atoms with E-state index in [1.54, 1.807) is 26.8 Å². The van der Waals surface area contributed by atoms with Gasteiger partial charge < -0.3 is 9.84 Å². The molecule has 0 spiro atoms. The number of carbonyl (C=O) groups excluding carboxylic acids is 1. The van der Waals surface area contributed by atoms with Gasteiger partial charge in [-0.2, -0.15) is 0 Å². The highest BCUT2D eigenvalue weighted by atomic mass is 19.1. The maximum Gasteiger partial charge on any atom is 0.411 e. The number of ether oxygens (including phenoxy) is 1. The van der Waals surface area contributed by atoms with Crippen LogP contribution in [0, 0.1) is 5.82 Å². The summed E-state index contributed by atoms with van der Waals surface area (Å²) in [5.41, 5.74) is -0.528. The molecule has 1 aromatic rings. The summed E-state index contributed by atoms with van der Waals surface area (Å²) < 4.78 is 18.9. The Morgan fingerprint density at radius 2 is 1.90 bits per heavy atom. The lowest BCUT2D eigenvalue weighted by atomic mass is 10.1. The molecule has 0 saturated heterocycles. The van der Waals surface area contributed by atoms with Crippen molar-refractivity contribution in [2.45, 2.75) is 45.9 Å². The van der Waals surface area contributed by atoms with Gasteiger partial charge in [-0.1, -0.05) is 18.2 Å². The molecule has 0 saturated carbocycles. The van der Waals surface area contributed by atoms with Gasteiger partial charge in [0.25, 0.3) is 0 Å².